The van der Waals surface area contributed by atoms with Crippen molar-refractivity contribution in [1.29, 1.82) is 0 Å². The highest BCUT2D eigenvalue weighted by Gasteiger charge is 2.47. The molecule has 0 aromatic carbocycles. The van der Waals surface area contributed by atoms with Crippen LogP contribution in [0.15, 0.2) is 23.0 Å². The topological polar surface area (TPSA) is 44.1 Å². The Morgan fingerprint density at radius 3 is 2.83 bits per heavy atom. The molecule has 3 aliphatic rings. The summed E-state index contributed by atoms with van der Waals surface area (Å²) in [4.78, 5) is 2.42. The lowest BCUT2D eigenvalue weighted by Crippen LogP contribution is -2.65. The van der Waals surface area contributed by atoms with Crippen molar-refractivity contribution in [3.8, 4) is 0 Å². The molecule has 3 saturated heterocycles. The first-order valence-corrected chi connectivity index (χ1v) is 8.88. The molecule has 3 fully saturated rings. The molecule has 0 bridgehead atoms. The summed E-state index contributed by atoms with van der Waals surface area (Å²) in [5.74, 6) is 0.682. The first kappa shape index (κ1) is 15.6. The molecular weight excluding hydrogens is 294 g/mol. The number of ether oxygens (including phenoxy) is 3. The van der Waals surface area contributed by atoms with Crippen molar-refractivity contribution in [1.82, 2.24) is 4.90 Å². The largest absolute Gasteiger partial charge is 0.472 e. The van der Waals surface area contributed by atoms with Gasteiger partial charge in [-0.15, -0.1) is 0 Å². The van der Waals surface area contributed by atoms with E-state index in [2.05, 4.69) is 4.90 Å². The van der Waals surface area contributed by atoms with Gasteiger partial charge in [0.25, 0.3) is 0 Å². The summed E-state index contributed by atoms with van der Waals surface area (Å²) in [6.07, 6.45) is 8.29. The van der Waals surface area contributed by atoms with E-state index < -0.39 is 0 Å². The monoisotopic (exact) mass is 321 g/mol. The number of rotatable bonds is 5. The molecule has 0 N–H and O–H groups in total. The third-order valence-corrected chi connectivity index (χ3v) is 5.37. The summed E-state index contributed by atoms with van der Waals surface area (Å²) in [6.45, 7) is 6.49. The van der Waals surface area contributed by atoms with Crippen LogP contribution in [0.25, 0.3) is 0 Å². The van der Waals surface area contributed by atoms with Gasteiger partial charge in [0.2, 0.25) is 0 Å². The Morgan fingerprint density at radius 1 is 1.17 bits per heavy atom. The Kier molecular flexibility index (Phi) is 4.71. The lowest BCUT2D eigenvalue weighted by atomic mass is 9.84. The highest BCUT2D eigenvalue weighted by molar-refractivity contribution is 5.09. The van der Waals surface area contributed by atoms with E-state index in [1.807, 2.05) is 12.3 Å². The van der Waals surface area contributed by atoms with Crippen LogP contribution < -0.4 is 0 Å². The molecule has 0 amide bonds. The van der Waals surface area contributed by atoms with E-state index in [0.717, 1.165) is 71.7 Å². The second-order valence-corrected chi connectivity index (χ2v) is 7.31. The quantitative estimate of drug-likeness (QED) is 0.833. The van der Waals surface area contributed by atoms with Gasteiger partial charge in [-0.05, 0) is 31.2 Å². The van der Waals surface area contributed by atoms with Gasteiger partial charge < -0.3 is 18.6 Å². The van der Waals surface area contributed by atoms with Crippen LogP contribution in [0.4, 0.5) is 0 Å². The summed E-state index contributed by atoms with van der Waals surface area (Å²) < 4.78 is 22.9. The zero-order valence-electron chi connectivity index (χ0n) is 13.7. The second-order valence-electron chi connectivity index (χ2n) is 7.31. The summed E-state index contributed by atoms with van der Waals surface area (Å²) in [5.41, 5.74) is 1.27. The van der Waals surface area contributed by atoms with Gasteiger partial charge in [-0.3, -0.25) is 4.90 Å². The number of hydrogen-bond donors (Lipinski definition) is 0. The summed E-state index contributed by atoms with van der Waals surface area (Å²) in [5, 5.41) is 0. The first-order chi connectivity index (χ1) is 11.3. The van der Waals surface area contributed by atoms with E-state index in [1.165, 1.54) is 5.56 Å². The molecule has 23 heavy (non-hydrogen) atoms. The Bertz CT molecular complexity index is 477. The van der Waals surface area contributed by atoms with Crippen LogP contribution in [0.3, 0.4) is 0 Å². The molecule has 1 atom stereocenters. The Hall–Kier alpha value is -0.880. The molecule has 128 valence electrons. The molecule has 0 unspecified atom stereocenters. The van der Waals surface area contributed by atoms with Gasteiger partial charge in [0.1, 0.15) is 0 Å². The van der Waals surface area contributed by atoms with E-state index in [0.29, 0.717) is 12.0 Å². The Balaban J connectivity index is 1.22. The van der Waals surface area contributed by atoms with Crippen molar-refractivity contribution in [2.45, 2.75) is 43.9 Å². The van der Waals surface area contributed by atoms with Crippen LogP contribution in [0, 0.1) is 5.92 Å². The SMILES string of the molecule is c1cc(CN2CC3(C[C@H](OCC4CCOCC4)CCO3)C2)co1. The number of nitrogens with zero attached hydrogens (tertiary/aromatic N) is 1. The van der Waals surface area contributed by atoms with Gasteiger partial charge in [-0.2, -0.15) is 0 Å². The van der Waals surface area contributed by atoms with Crippen molar-refractivity contribution >= 4 is 0 Å². The van der Waals surface area contributed by atoms with E-state index in [4.69, 9.17) is 18.6 Å². The van der Waals surface area contributed by atoms with E-state index in [-0.39, 0.29) is 5.60 Å². The zero-order valence-corrected chi connectivity index (χ0v) is 13.7. The number of hydrogen-bond acceptors (Lipinski definition) is 5. The van der Waals surface area contributed by atoms with Crippen LogP contribution >= 0.6 is 0 Å². The minimum Gasteiger partial charge on any atom is -0.472 e. The van der Waals surface area contributed by atoms with Crippen LogP contribution in [-0.2, 0) is 20.8 Å². The summed E-state index contributed by atoms with van der Waals surface area (Å²) >= 11 is 0. The third kappa shape index (κ3) is 3.79. The van der Waals surface area contributed by atoms with Crippen molar-refractivity contribution in [2.75, 3.05) is 39.5 Å². The van der Waals surface area contributed by atoms with Crippen LogP contribution in [-0.4, -0.2) is 56.1 Å². The van der Waals surface area contributed by atoms with Gasteiger partial charge in [-0.25, -0.2) is 0 Å². The first-order valence-electron chi connectivity index (χ1n) is 8.88. The molecular formula is C18H27NO4. The molecule has 0 radical (unpaired) electrons. The fraction of sp³-hybridized carbons (Fsp3) is 0.778. The zero-order chi connectivity index (χ0) is 15.5. The normalized spacial score (nSPS) is 28.8. The van der Waals surface area contributed by atoms with Crippen molar-refractivity contribution in [3.05, 3.63) is 24.2 Å². The third-order valence-electron chi connectivity index (χ3n) is 5.37. The van der Waals surface area contributed by atoms with E-state index >= 15 is 0 Å². The average Bonchev–Trinajstić information content (AvgIpc) is 3.06. The minimum atomic E-state index is 0.0301. The number of likely N-dealkylation sites (tertiary alicyclic amines) is 1. The van der Waals surface area contributed by atoms with Crippen LogP contribution in [0.5, 0.6) is 0 Å². The fourth-order valence-corrected chi connectivity index (χ4v) is 4.05. The Labute approximate surface area is 137 Å². The standard InChI is InChI=1S/C18H27NO4/c1-5-20-6-2-15(1)12-22-17-4-8-23-18(9-17)13-19(14-18)10-16-3-7-21-11-16/h3,7,11,15,17H,1-2,4-6,8-10,12-14H2/t17-/m1/s1. The maximum Gasteiger partial charge on any atom is 0.0959 e. The minimum absolute atomic E-state index is 0.0301. The van der Waals surface area contributed by atoms with Crippen molar-refractivity contribution in [3.63, 3.8) is 0 Å². The average molecular weight is 321 g/mol. The van der Waals surface area contributed by atoms with Gasteiger partial charge in [0.15, 0.2) is 0 Å². The number of furan rings is 1. The molecule has 0 saturated carbocycles. The van der Waals surface area contributed by atoms with Crippen molar-refractivity contribution in [2.24, 2.45) is 5.92 Å². The smallest absolute Gasteiger partial charge is 0.0959 e. The van der Waals surface area contributed by atoms with Crippen molar-refractivity contribution < 1.29 is 18.6 Å². The second kappa shape index (κ2) is 6.93. The molecule has 1 aromatic rings. The summed E-state index contributed by atoms with van der Waals surface area (Å²) in [6, 6.07) is 2.03. The fourth-order valence-electron chi connectivity index (χ4n) is 4.05. The van der Waals surface area contributed by atoms with E-state index in [9.17, 15) is 0 Å². The van der Waals surface area contributed by atoms with Gasteiger partial charge >= 0.3 is 0 Å². The van der Waals surface area contributed by atoms with Crippen LogP contribution in [0.1, 0.15) is 31.2 Å². The van der Waals surface area contributed by atoms with Gasteiger partial charge in [0, 0.05) is 58.0 Å². The summed E-state index contributed by atoms with van der Waals surface area (Å²) in [7, 11) is 0. The van der Waals surface area contributed by atoms with Crippen LogP contribution in [0.2, 0.25) is 0 Å². The highest BCUT2D eigenvalue weighted by Crippen LogP contribution is 2.36. The molecule has 0 aliphatic carbocycles. The molecule has 3 aliphatic heterocycles. The maximum absolute atomic E-state index is 6.23. The molecule has 5 heteroatoms. The van der Waals surface area contributed by atoms with Gasteiger partial charge in [0.05, 0.1) is 24.2 Å². The predicted octanol–water partition coefficient (Wildman–Crippen LogP) is 2.46. The Morgan fingerprint density at radius 2 is 2.04 bits per heavy atom. The lowest BCUT2D eigenvalue weighted by Gasteiger charge is -2.53. The maximum atomic E-state index is 6.23. The molecule has 1 aromatic heterocycles. The van der Waals surface area contributed by atoms with Gasteiger partial charge in [-0.1, -0.05) is 0 Å². The molecule has 4 heterocycles. The molecule has 4 rings (SSSR count). The molecule has 5 nitrogen and oxygen atoms in total. The molecule has 1 spiro atoms. The lowest BCUT2D eigenvalue weighted by molar-refractivity contribution is -0.201. The predicted molar refractivity (Wildman–Crippen MR) is 85.2 cm³/mol. The van der Waals surface area contributed by atoms with E-state index in [1.54, 1.807) is 6.26 Å². The highest BCUT2D eigenvalue weighted by atomic mass is 16.5.